The van der Waals surface area contributed by atoms with E-state index in [1.54, 1.807) is 0 Å². The van der Waals surface area contributed by atoms with Crippen molar-refractivity contribution < 1.29 is 5.11 Å². The molecular weight excluding hydrogens is 210 g/mol. The van der Waals surface area contributed by atoms with Gasteiger partial charge in [0.25, 0.3) is 0 Å². The zero-order chi connectivity index (χ0) is 13.0. The predicted octanol–water partition coefficient (Wildman–Crippen LogP) is 3.29. The summed E-state index contributed by atoms with van der Waals surface area (Å²) in [4.78, 5) is 2.44. The molecule has 3 unspecified atom stereocenters. The Labute approximate surface area is 107 Å². The lowest BCUT2D eigenvalue weighted by Crippen LogP contribution is -2.50. The Morgan fingerprint density at radius 2 is 1.76 bits per heavy atom. The van der Waals surface area contributed by atoms with Gasteiger partial charge in [-0.2, -0.15) is 0 Å². The summed E-state index contributed by atoms with van der Waals surface area (Å²) in [5.41, 5.74) is 0. The monoisotopic (exact) mass is 241 g/mol. The molecule has 0 heterocycles. The van der Waals surface area contributed by atoms with Crippen LogP contribution < -0.4 is 0 Å². The standard InChI is InChI=1S/C15H31NO/c1-6-13(7-2)16(5)14-10-12(11(3)4)8-9-15(14)17/h11-15,17H,6-10H2,1-5H3. The second-order valence-electron chi connectivity index (χ2n) is 6.09. The van der Waals surface area contributed by atoms with E-state index in [0.717, 1.165) is 18.3 Å². The Morgan fingerprint density at radius 3 is 2.24 bits per heavy atom. The van der Waals surface area contributed by atoms with Crippen molar-refractivity contribution in [2.24, 2.45) is 11.8 Å². The Bertz CT molecular complexity index is 213. The van der Waals surface area contributed by atoms with Gasteiger partial charge >= 0.3 is 0 Å². The van der Waals surface area contributed by atoms with Crippen LogP contribution in [0.3, 0.4) is 0 Å². The molecule has 0 radical (unpaired) electrons. The van der Waals surface area contributed by atoms with Crippen molar-refractivity contribution >= 4 is 0 Å². The van der Waals surface area contributed by atoms with E-state index in [4.69, 9.17) is 0 Å². The van der Waals surface area contributed by atoms with E-state index in [1.165, 1.54) is 25.7 Å². The van der Waals surface area contributed by atoms with E-state index < -0.39 is 0 Å². The molecule has 0 bridgehead atoms. The molecule has 0 saturated heterocycles. The summed E-state index contributed by atoms with van der Waals surface area (Å²) in [6.45, 7) is 9.13. The fourth-order valence-corrected chi connectivity index (χ4v) is 3.34. The van der Waals surface area contributed by atoms with E-state index in [9.17, 15) is 5.11 Å². The van der Waals surface area contributed by atoms with Gasteiger partial charge in [-0.25, -0.2) is 0 Å². The minimum atomic E-state index is -0.115. The van der Waals surface area contributed by atoms with Gasteiger partial charge in [0, 0.05) is 12.1 Å². The molecule has 3 atom stereocenters. The predicted molar refractivity (Wildman–Crippen MR) is 74.1 cm³/mol. The highest BCUT2D eigenvalue weighted by Crippen LogP contribution is 2.33. The molecule has 1 aliphatic carbocycles. The summed E-state index contributed by atoms with van der Waals surface area (Å²) in [7, 11) is 2.20. The van der Waals surface area contributed by atoms with Crippen molar-refractivity contribution in [1.29, 1.82) is 0 Å². The summed E-state index contributed by atoms with van der Waals surface area (Å²) in [6, 6.07) is 1.00. The molecule has 0 spiro atoms. The molecule has 0 aromatic heterocycles. The maximum Gasteiger partial charge on any atom is 0.0695 e. The highest BCUT2D eigenvalue weighted by molar-refractivity contribution is 4.88. The van der Waals surface area contributed by atoms with Crippen molar-refractivity contribution in [1.82, 2.24) is 4.90 Å². The maximum absolute atomic E-state index is 10.2. The van der Waals surface area contributed by atoms with Crippen molar-refractivity contribution in [2.75, 3.05) is 7.05 Å². The highest BCUT2D eigenvalue weighted by Gasteiger charge is 2.34. The molecule has 1 saturated carbocycles. The van der Waals surface area contributed by atoms with Crippen LogP contribution in [-0.4, -0.2) is 35.2 Å². The molecule has 1 aliphatic rings. The first-order valence-corrected chi connectivity index (χ1v) is 7.41. The number of nitrogens with zero attached hydrogens (tertiary/aromatic N) is 1. The third-order valence-electron chi connectivity index (χ3n) is 4.81. The van der Waals surface area contributed by atoms with Crippen LogP contribution in [0.15, 0.2) is 0 Å². The molecule has 2 heteroatoms. The number of aliphatic hydroxyl groups is 1. The van der Waals surface area contributed by atoms with Crippen LogP contribution in [0.2, 0.25) is 0 Å². The van der Waals surface area contributed by atoms with E-state index in [1.807, 2.05) is 0 Å². The van der Waals surface area contributed by atoms with Gasteiger partial charge in [0.2, 0.25) is 0 Å². The average Bonchev–Trinajstić information content (AvgIpc) is 2.30. The van der Waals surface area contributed by atoms with Crippen molar-refractivity contribution in [3.8, 4) is 0 Å². The van der Waals surface area contributed by atoms with Gasteiger partial charge in [-0.3, -0.25) is 4.90 Å². The lowest BCUT2D eigenvalue weighted by atomic mass is 9.77. The number of aliphatic hydroxyl groups excluding tert-OH is 1. The summed E-state index contributed by atoms with van der Waals surface area (Å²) in [5, 5.41) is 10.2. The number of hydrogen-bond donors (Lipinski definition) is 1. The van der Waals surface area contributed by atoms with Crippen LogP contribution in [0, 0.1) is 11.8 Å². The van der Waals surface area contributed by atoms with Crippen LogP contribution in [0.25, 0.3) is 0 Å². The largest absolute Gasteiger partial charge is 0.391 e. The molecule has 1 N–H and O–H groups in total. The Balaban J connectivity index is 2.65. The zero-order valence-corrected chi connectivity index (χ0v) is 12.3. The fraction of sp³-hybridized carbons (Fsp3) is 1.00. The molecule has 0 amide bonds. The first-order valence-electron chi connectivity index (χ1n) is 7.41. The molecule has 0 aromatic rings. The molecule has 1 rings (SSSR count). The number of hydrogen-bond acceptors (Lipinski definition) is 2. The Kier molecular flexibility index (Phi) is 5.94. The third kappa shape index (κ3) is 3.69. The van der Waals surface area contributed by atoms with Crippen LogP contribution in [0.4, 0.5) is 0 Å². The van der Waals surface area contributed by atoms with E-state index in [-0.39, 0.29) is 6.10 Å². The first-order chi connectivity index (χ1) is 8.01. The summed E-state index contributed by atoms with van der Waals surface area (Å²) < 4.78 is 0. The SMILES string of the molecule is CCC(CC)N(C)C1CC(C(C)C)CCC1O. The highest BCUT2D eigenvalue weighted by atomic mass is 16.3. The molecular formula is C15H31NO. The van der Waals surface area contributed by atoms with Crippen LogP contribution in [-0.2, 0) is 0 Å². The lowest BCUT2D eigenvalue weighted by molar-refractivity contribution is -0.0118. The van der Waals surface area contributed by atoms with Gasteiger partial charge in [0.15, 0.2) is 0 Å². The van der Waals surface area contributed by atoms with Gasteiger partial charge < -0.3 is 5.11 Å². The van der Waals surface area contributed by atoms with Crippen LogP contribution in [0.5, 0.6) is 0 Å². The minimum absolute atomic E-state index is 0.115. The molecule has 2 nitrogen and oxygen atoms in total. The quantitative estimate of drug-likeness (QED) is 0.798. The topological polar surface area (TPSA) is 23.5 Å². The summed E-state index contributed by atoms with van der Waals surface area (Å²) in [5.74, 6) is 1.54. The molecule has 0 aromatic carbocycles. The summed E-state index contributed by atoms with van der Waals surface area (Å²) in [6.07, 6.45) is 5.61. The van der Waals surface area contributed by atoms with Gasteiger partial charge in [0.1, 0.15) is 0 Å². The van der Waals surface area contributed by atoms with E-state index in [2.05, 4.69) is 39.6 Å². The average molecular weight is 241 g/mol. The minimum Gasteiger partial charge on any atom is -0.391 e. The Hall–Kier alpha value is -0.0800. The van der Waals surface area contributed by atoms with Gasteiger partial charge in [0.05, 0.1) is 6.10 Å². The molecule has 1 fully saturated rings. The van der Waals surface area contributed by atoms with Gasteiger partial charge in [-0.1, -0.05) is 27.7 Å². The van der Waals surface area contributed by atoms with Crippen molar-refractivity contribution in [3.05, 3.63) is 0 Å². The second-order valence-corrected chi connectivity index (χ2v) is 6.09. The van der Waals surface area contributed by atoms with Gasteiger partial charge in [-0.15, -0.1) is 0 Å². The van der Waals surface area contributed by atoms with Crippen molar-refractivity contribution in [3.63, 3.8) is 0 Å². The third-order valence-corrected chi connectivity index (χ3v) is 4.81. The number of rotatable bonds is 5. The first kappa shape index (κ1) is 15.0. The lowest BCUT2D eigenvalue weighted by Gasteiger charge is -2.43. The second kappa shape index (κ2) is 6.75. The van der Waals surface area contributed by atoms with Crippen molar-refractivity contribution in [2.45, 2.75) is 78.0 Å². The Morgan fingerprint density at radius 1 is 1.18 bits per heavy atom. The molecule has 0 aliphatic heterocycles. The smallest absolute Gasteiger partial charge is 0.0695 e. The molecule has 17 heavy (non-hydrogen) atoms. The summed E-state index contributed by atoms with van der Waals surface area (Å²) >= 11 is 0. The van der Waals surface area contributed by atoms with Crippen LogP contribution in [0.1, 0.15) is 59.8 Å². The fourth-order valence-electron chi connectivity index (χ4n) is 3.34. The number of likely N-dealkylation sites (N-methyl/N-ethyl adjacent to an activating group) is 1. The van der Waals surface area contributed by atoms with Crippen LogP contribution >= 0.6 is 0 Å². The van der Waals surface area contributed by atoms with Gasteiger partial charge in [-0.05, 0) is 51.0 Å². The normalized spacial score (nSPS) is 30.5. The molecule has 102 valence electrons. The zero-order valence-electron chi connectivity index (χ0n) is 12.3. The van der Waals surface area contributed by atoms with E-state index >= 15 is 0 Å². The maximum atomic E-state index is 10.2. The van der Waals surface area contributed by atoms with E-state index in [0.29, 0.717) is 12.1 Å².